The van der Waals surface area contributed by atoms with Crippen LogP contribution in [0.4, 0.5) is 0 Å². The molecule has 1 aliphatic heterocycles. The van der Waals surface area contributed by atoms with E-state index in [-0.39, 0.29) is 12.3 Å². The highest BCUT2D eigenvalue weighted by atomic mass is 16.6. The smallest absolute Gasteiger partial charge is 0.244 e. The third kappa shape index (κ3) is 3.46. The number of ether oxygens (including phenoxy) is 2. The standard InChI is InChI=1S/C16H16N2O4/c1-11-2-4-13(22-11)10-17-18-16(19)9-12-3-5-14-15(8-12)21-7-6-20-14/h2-5,8,10H,6-7,9H2,1H3,(H,18,19)/b17-10-. The van der Waals surface area contributed by atoms with Crippen molar-refractivity contribution in [2.75, 3.05) is 13.2 Å². The number of rotatable bonds is 4. The van der Waals surface area contributed by atoms with Crippen LogP contribution >= 0.6 is 0 Å². The Morgan fingerprint density at radius 2 is 2.05 bits per heavy atom. The molecular formula is C16H16N2O4. The van der Waals surface area contributed by atoms with Gasteiger partial charge in [0.25, 0.3) is 0 Å². The van der Waals surface area contributed by atoms with Crippen molar-refractivity contribution < 1.29 is 18.7 Å². The summed E-state index contributed by atoms with van der Waals surface area (Å²) in [6, 6.07) is 9.08. The maximum absolute atomic E-state index is 11.8. The summed E-state index contributed by atoms with van der Waals surface area (Å²) < 4.78 is 16.2. The van der Waals surface area contributed by atoms with Gasteiger partial charge in [-0.3, -0.25) is 4.79 Å². The number of carbonyl (C=O) groups excluding carboxylic acids is 1. The average molecular weight is 300 g/mol. The second kappa shape index (κ2) is 6.34. The number of fused-ring (bicyclic) bond motifs is 1. The van der Waals surface area contributed by atoms with E-state index in [1.165, 1.54) is 6.21 Å². The van der Waals surface area contributed by atoms with Crippen molar-refractivity contribution in [1.82, 2.24) is 5.43 Å². The zero-order valence-electron chi connectivity index (χ0n) is 12.2. The number of hydrogen-bond donors (Lipinski definition) is 1. The van der Waals surface area contributed by atoms with Crippen molar-refractivity contribution in [1.29, 1.82) is 0 Å². The first kappa shape index (κ1) is 14.2. The zero-order chi connectivity index (χ0) is 15.4. The Morgan fingerprint density at radius 1 is 1.23 bits per heavy atom. The fourth-order valence-electron chi connectivity index (χ4n) is 2.11. The molecule has 0 spiro atoms. The molecule has 0 bridgehead atoms. The van der Waals surface area contributed by atoms with Crippen LogP contribution in [0, 0.1) is 6.92 Å². The largest absolute Gasteiger partial charge is 0.486 e. The third-order valence-electron chi connectivity index (χ3n) is 3.11. The summed E-state index contributed by atoms with van der Waals surface area (Å²) in [7, 11) is 0. The summed E-state index contributed by atoms with van der Waals surface area (Å²) in [5.74, 6) is 2.56. The summed E-state index contributed by atoms with van der Waals surface area (Å²) in [6.07, 6.45) is 1.68. The van der Waals surface area contributed by atoms with Gasteiger partial charge < -0.3 is 13.9 Å². The van der Waals surface area contributed by atoms with Crippen LogP contribution in [0.2, 0.25) is 0 Å². The first-order valence-corrected chi connectivity index (χ1v) is 6.97. The Kier molecular flexibility index (Phi) is 4.09. The van der Waals surface area contributed by atoms with E-state index >= 15 is 0 Å². The van der Waals surface area contributed by atoms with Crippen LogP contribution in [0.1, 0.15) is 17.1 Å². The third-order valence-corrected chi connectivity index (χ3v) is 3.11. The molecule has 2 heterocycles. The fourth-order valence-corrected chi connectivity index (χ4v) is 2.11. The Hall–Kier alpha value is -2.76. The van der Waals surface area contributed by atoms with Crippen LogP contribution in [-0.2, 0) is 11.2 Å². The lowest BCUT2D eigenvalue weighted by Gasteiger charge is -2.18. The lowest BCUT2D eigenvalue weighted by Crippen LogP contribution is -2.20. The minimum atomic E-state index is -0.212. The summed E-state index contributed by atoms with van der Waals surface area (Å²) in [6.45, 7) is 2.92. The number of nitrogens with one attached hydrogen (secondary N) is 1. The van der Waals surface area contributed by atoms with Gasteiger partial charge in [0.15, 0.2) is 11.5 Å². The Labute approximate surface area is 127 Å². The predicted octanol–water partition coefficient (Wildman–Crippen LogP) is 2.05. The van der Waals surface area contributed by atoms with Crippen molar-refractivity contribution in [2.24, 2.45) is 5.10 Å². The molecule has 0 saturated carbocycles. The number of aryl methyl sites for hydroxylation is 1. The molecule has 1 aromatic heterocycles. The number of furan rings is 1. The SMILES string of the molecule is Cc1ccc(/C=N\NC(=O)Cc2ccc3c(c2)OCCO3)o1. The van der Waals surface area contributed by atoms with E-state index in [9.17, 15) is 4.79 Å². The molecular weight excluding hydrogens is 284 g/mol. The molecule has 1 N–H and O–H groups in total. The number of benzene rings is 1. The average Bonchev–Trinajstić information content (AvgIpc) is 2.92. The fraction of sp³-hybridized carbons (Fsp3) is 0.250. The van der Waals surface area contributed by atoms with E-state index in [0.29, 0.717) is 30.5 Å². The maximum Gasteiger partial charge on any atom is 0.244 e. The summed E-state index contributed by atoms with van der Waals surface area (Å²) in [5.41, 5.74) is 3.31. The van der Waals surface area contributed by atoms with Gasteiger partial charge in [0, 0.05) is 0 Å². The first-order chi connectivity index (χ1) is 10.7. The second-order valence-electron chi connectivity index (χ2n) is 4.90. The van der Waals surface area contributed by atoms with Crippen molar-refractivity contribution in [3.05, 3.63) is 47.4 Å². The van der Waals surface area contributed by atoms with Crippen LogP contribution in [-0.4, -0.2) is 25.3 Å². The number of amides is 1. The molecule has 1 amide bonds. The molecule has 0 unspecified atom stereocenters. The molecule has 0 atom stereocenters. The van der Waals surface area contributed by atoms with Gasteiger partial charge in [-0.05, 0) is 36.8 Å². The summed E-state index contributed by atoms with van der Waals surface area (Å²) in [5, 5.41) is 3.86. The van der Waals surface area contributed by atoms with Crippen LogP contribution in [0.15, 0.2) is 39.9 Å². The zero-order valence-corrected chi connectivity index (χ0v) is 12.2. The Balaban J connectivity index is 1.56. The molecule has 114 valence electrons. The molecule has 0 radical (unpaired) electrons. The van der Waals surface area contributed by atoms with Gasteiger partial charge in [-0.25, -0.2) is 5.43 Å². The lowest BCUT2D eigenvalue weighted by atomic mass is 10.1. The summed E-state index contributed by atoms with van der Waals surface area (Å²) in [4.78, 5) is 11.8. The molecule has 0 saturated heterocycles. The molecule has 22 heavy (non-hydrogen) atoms. The monoisotopic (exact) mass is 300 g/mol. The van der Waals surface area contributed by atoms with Gasteiger partial charge in [0.1, 0.15) is 24.7 Å². The molecule has 6 heteroatoms. The van der Waals surface area contributed by atoms with Crippen LogP contribution in [0.5, 0.6) is 11.5 Å². The second-order valence-corrected chi connectivity index (χ2v) is 4.90. The van der Waals surface area contributed by atoms with Crippen LogP contribution in [0.3, 0.4) is 0 Å². The lowest BCUT2D eigenvalue weighted by molar-refractivity contribution is -0.120. The van der Waals surface area contributed by atoms with E-state index in [1.807, 2.05) is 31.2 Å². The molecule has 0 aliphatic carbocycles. The van der Waals surface area contributed by atoms with Gasteiger partial charge in [0.05, 0.1) is 12.6 Å². The highest BCUT2D eigenvalue weighted by molar-refractivity contribution is 5.81. The molecule has 3 rings (SSSR count). The highest BCUT2D eigenvalue weighted by Crippen LogP contribution is 2.30. The molecule has 1 aromatic carbocycles. The van der Waals surface area contributed by atoms with Crippen LogP contribution < -0.4 is 14.9 Å². The Morgan fingerprint density at radius 3 is 2.82 bits per heavy atom. The van der Waals surface area contributed by atoms with E-state index in [4.69, 9.17) is 13.9 Å². The van der Waals surface area contributed by atoms with Crippen molar-refractivity contribution in [3.8, 4) is 11.5 Å². The minimum Gasteiger partial charge on any atom is -0.486 e. The number of hydrogen-bond acceptors (Lipinski definition) is 5. The van der Waals surface area contributed by atoms with E-state index in [2.05, 4.69) is 10.5 Å². The van der Waals surface area contributed by atoms with Crippen molar-refractivity contribution in [2.45, 2.75) is 13.3 Å². The van der Waals surface area contributed by atoms with Crippen LogP contribution in [0.25, 0.3) is 0 Å². The van der Waals surface area contributed by atoms with Crippen molar-refractivity contribution >= 4 is 12.1 Å². The van der Waals surface area contributed by atoms with E-state index in [1.54, 1.807) is 6.07 Å². The Bertz CT molecular complexity index is 706. The predicted molar refractivity (Wildman–Crippen MR) is 80.3 cm³/mol. The first-order valence-electron chi connectivity index (χ1n) is 6.97. The van der Waals surface area contributed by atoms with Gasteiger partial charge in [0.2, 0.25) is 5.91 Å². The number of carbonyl (C=O) groups is 1. The molecule has 0 fully saturated rings. The van der Waals surface area contributed by atoms with E-state index in [0.717, 1.165) is 11.3 Å². The van der Waals surface area contributed by atoms with Gasteiger partial charge in [-0.1, -0.05) is 6.07 Å². The molecule has 2 aromatic rings. The number of nitrogens with zero attached hydrogens (tertiary/aromatic N) is 1. The van der Waals surface area contributed by atoms with Crippen molar-refractivity contribution in [3.63, 3.8) is 0 Å². The minimum absolute atomic E-state index is 0.212. The maximum atomic E-state index is 11.8. The van der Waals surface area contributed by atoms with Gasteiger partial charge >= 0.3 is 0 Å². The topological polar surface area (TPSA) is 73.1 Å². The number of hydrazone groups is 1. The van der Waals surface area contributed by atoms with E-state index < -0.39 is 0 Å². The summed E-state index contributed by atoms with van der Waals surface area (Å²) >= 11 is 0. The molecule has 6 nitrogen and oxygen atoms in total. The quantitative estimate of drug-likeness (QED) is 0.693. The van der Waals surface area contributed by atoms with Gasteiger partial charge in [-0.2, -0.15) is 5.10 Å². The normalized spacial score (nSPS) is 13.3. The van der Waals surface area contributed by atoms with Gasteiger partial charge in [-0.15, -0.1) is 0 Å². The highest BCUT2D eigenvalue weighted by Gasteiger charge is 2.12. The molecule has 1 aliphatic rings.